The summed E-state index contributed by atoms with van der Waals surface area (Å²) < 4.78 is 37.8. The van der Waals surface area contributed by atoms with Crippen molar-refractivity contribution in [1.29, 1.82) is 0 Å². The second-order valence-corrected chi connectivity index (χ2v) is 8.41. The molecule has 14 nitrogen and oxygen atoms in total. The molecule has 0 amide bonds. The summed E-state index contributed by atoms with van der Waals surface area (Å²) in [5, 5.41) is 31.0. The van der Waals surface area contributed by atoms with Crippen molar-refractivity contribution < 1.29 is 32.4 Å². The zero-order chi connectivity index (χ0) is 25.3. The molecule has 1 heterocycles. The lowest BCUT2D eigenvalue weighted by Gasteiger charge is -2.05. The second kappa shape index (κ2) is 8.88. The highest BCUT2D eigenvalue weighted by molar-refractivity contribution is 7.85. The number of rotatable bonds is 7. The van der Waals surface area contributed by atoms with Gasteiger partial charge in [-0.05, 0) is 40.2 Å². The Balaban J connectivity index is 1.94. The molecule has 0 aliphatic rings. The van der Waals surface area contributed by atoms with Crippen molar-refractivity contribution in [1.82, 2.24) is 15.0 Å². The molecule has 178 valence electrons. The Bertz CT molecular complexity index is 1570. The normalized spacial score (nSPS) is 11.3. The minimum absolute atomic E-state index is 0.0225. The highest BCUT2D eigenvalue weighted by Crippen LogP contribution is 2.26. The second-order valence-electron chi connectivity index (χ2n) is 6.99. The fourth-order valence-electron chi connectivity index (χ4n) is 3.17. The van der Waals surface area contributed by atoms with Crippen LogP contribution in [0.2, 0.25) is 0 Å². The highest BCUT2D eigenvalue weighted by Gasteiger charge is 2.28. The summed E-state index contributed by atoms with van der Waals surface area (Å²) in [6.45, 7) is 0. The third-order valence-electron chi connectivity index (χ3n) is 4.83. The van der Waals surface area contributed by atoms with Crippen LogP contribution in [0.5, 0.6) is 5.75 Å². The van der Waals surface area contributed by atoms with Gasteiger partial charge in [-0.15, -0.1) is 0 Å². The Morgan fingerprint density at radius 2 is 1.63 bits per heavy atom. The number of nitrogens with zero attached hydrogens (tertiary/aromatic N) is 6. The lowest BCUT2D eigenvalue weighted by Crippen LogP contribution is -2.43. The average Bonchev–Trinajstić information content (AvgIpc) is 3.28. The molecule has 0 aliphatic carbocycles. The van der Waals surface area contributed by atoms with E-state index in [0.29, 0.717) is 5.69 Å². The van der Waals surface area contributed by atoms with E-state index >= 15 is 0 Å². The maximum Gasteiger partial charge on any atom is 0.340 e. The summed E-state index contributed by atoms with van der Waals surface area (Å²) in [7, 11) is -3.18. The molecule has 4 aromatic rings. The Labute approximate surface area is 196 Å². The summed E-state index contributed by atoms with van der Waals surface area (Å²) >= 11 is 0. The first kappa shape index (κ1) is 23.4. The minimum atomic E-state index is -4.49. The van der Waals surface area contributed by atoms with Crippen LogP contribution in [0, 0.1) is 20.2 Å². The number of benzene rings is 3. The minimum Gasteiger partial charge on any atom is -0.492 e. The van der Waals surface area contributed by atoms with E-state index in [1.165, 1.54) is 83.4 Å². The lowest BCUT2D eigenvalue weighted by molar-refractivity contribution is -0.734. The molecule has 1 aromatic heterocycles. The summed E-state index contributed by atoms with van der Waals surface area (Å²) in [4.78, 5) is 23.2. The smallest absolute Gasteiger partial charge is 0.340 e. The first-order valence-corrected chi connectivity index (χ1v) is 11.1. The molecule has 0 spiro atoms. The maximum atomic E-state index is 11.6. The van der Waals surface area contributed by atoms with E-state index in [-0.39, 0.29) is 39.1 Å². The van der Waals surface area contributed by atoms with Crippen LogP contribution in [0.3, 0.4) is 0 Å². The quantitative estimate of drug-likeness (QED) is 0.171. The zero-order valence-electron chi connectivity index (χ0n) is 17.7. The van der Waals surface area contributed by atoms with Crippen molar-refractivity contribution >= 4 is 21.5 Å². The van der Waals surface area contributed by atoms with Crippen LogP contribution in [-0.4, -0.2) is 44.9 Å². The topological polar surface area (TPSA) is 184 Å². The Morgan fingerprint density at radius 1 is 0.971 bits per heavy atom. The van der Waals surface area contributed by atoms with Gasteiger partial charge in [-0.1, -0.05) is 6.07 Å². The van der Waals surface area contributed by atoms with Crippen LogP contribution < -0.4 is 9.53 Å². The molecule has 3 aromatic carbocycles. The van der Waals surface area contributed by atoms with E-state index in [9.17, 15) is 33.2 Å². The Morgan fingerprint density at radius 3 is 2.23 bits per heavy atom. The van der Waals surface area contributed by atoms with Crippen LogP contribution >= 0.6 is 0 Å². The van der Waals surface area contributed by atoms with Crippen molar-refractivity contribution in [3.63, 3.8) is 0 Å². The number of tetrazole rings is 1. The molecule has 0 saturated carbocycles. The van der Waals surface area contributed by atoms with E-state index in [2.05, 4.69) is 10.2 Å². The number of ether oxygens (including phenoxy) is 1. The van der Waals surface area contributed by atoms with Gasteiger partial charge in [0.05, 0.1) is 38.6 Å². The predicted molar refractivity (Wildman–Crippen MR) is 118 cm³/mol. The van der Waals surface area contributed by atoms with Gasteiger partial charge in [-0.2, -0.15) is 8.42 Å². The molecule has 0 unspecified atom stereocenters. The largest absolute Gasteiger partial charge is 0.492 e. The molecule has 15 heteroatoms. The molecule has 4 rings (SSSR count). The van der Waals surface area contributed by atoms with Crippen molar-refractivity contribution in [2.45, 2.75) is 4.90 Å². The maximum absolute atomic E-state index is 11.6. The molecular weight excluding hydrogens is 484 g/mol. The van der Waals surface area contributed by atoms with Gasteiger partial charge in [0.25, 0.3) is 21.5 Å². The van der Waals surface area contributed by atoms with Crippen LogP contribution in [0.1, 0.15) is 0 Å². The van der Waals surface area contributed by atoms with E-state index in [0.717, 1.165) is 0 Å². The zero-order valence-corrected chi connectivity index (χ0v) is 18.6. The van der Waals surface area contributed by atoms with Gasteiger partial charge >= 0.3 is 5.82 Å². The van der Waals surface area contributed by atoms with Gasteiger partial charge in [-0.3, -0.25) is 24.8 Å². The average molecular weight is 499 g/mol. The van der Waals surface area contributed by atoms with Crippen molar-refractivity contribution in [3.8, 4) is 28.5 Å². The Kier molecular flexibility index (Phi) is 5.94. The molecule has 0 atom stereocenters. The van der Waals surface area contributed by atoms with Crippen molar-refractivity contribution in [2.75, 3.05) is 7.11 Å². The number of nitro benzene ring substituents is 2. The third kappa shape index (κ3) is 4.66. The summed E-state index contributed by atoms with van der Waals surface area (Å²) in [6, 6.07) is 14.4. The fourth-order valence-corrected chi connectivity index (χ4v) is 3.70. The Hall–Kier alpha value is -4.76. The summed E-state index contributed by atoms with van der Waals surface area (Å²) in [6.07, 6.45) is 0. The van der Waals surface area contributed by atoms with Gasteiger partial charge in [0.2, 0.25) is 5.69 Å². The summed E-state index contributed by atoms with van der Waals surface area (Å²) in [5.41, 5.74) is 0.417. The van der Waals surface area contributed by atoms with Gasteiger partial charge in [0, 0.05) is 29.1 Å². The molecule has 0 radical (unpaired) electrons. The SMILES string of the molecule is COc1cc([N+](=O)[O-])ccc1-[n+]1nc(-c2cccc(S(=O)(=O)O)c2)nn1-c1ccc([N+](=O)[O-])cc1. The van der Waals surface area contributed by atoms with E-state index in [1.807, 2.05) is 0 Å². The number of hydrogen-bond acceptors (Lipinski definition) is 9. The lowest BCUT2D eigenvalue weighted by atomic mass is 10.2. The fraction of sp³-hybridized carbons (Fsp3) is 0.0500. The van der Waals surface area contributed by atoms with Crippen molar-refractivity contribution in [3.05, 3.63) is 87.0 Å². The first-order valence-electron chi connectivity index (χ1n) is 9.64. The van der Waals surface area contributed by atoms with Crippen LogP contribution in [0.15, 0.2) is 71.6 Å². The number of aromatic nitrogens is 4. The molecule has 1 N–H and O–H groups in total. The standard InChI is InChI=1S/C20H14N6O8S/c1-34-19-12-16(26(29)30)9-10-18(19)24-22-20(13-3-2-4-17(11-13)35(31,32)33)21-23(24)14-5-7-15(8-6-14)25(27)28/h2-12H,1H3/p+1. The van der Waals surface area contributed by atoms with E-state index < -0.39 is 20.0 Å². The number of hydrogen-bond donors (Lipinski definition) is 1. The number of non-ortho nitro benzene ring substituents is 2. The number of methoxy groups -OCH3 is 1. The van der Waals surface area contributed by atoms with Gasteiger partial charge in [0.15, 0.2) is 5.75 Å². The summed E-state index contributed by atoms with van der Waals surface area (Å²) in [5.74, 6) is 0.104. The highest BCUT2D eigenvalue weighted by atomic mass is 32.2. The first-order chi connectivity index (χ1) is 16.6. The van der Waals surface area contributed by atoms with E-state index in [1.54, 1.807) is 0 Å². The van der Waals surface area contributed by atoms with Crippen molar-refractivity contribution in [2.24, 2.45) is 0 Å². The molecular formula is C20H15N6O8S+. The molecule has 0 aliphatic heterocycles. The van der Waals surface area contributed by atoms with Crippen LogP contribution in [0.4, 0.5) is 11.4 Å². The third-order valence-corrected chi connectivity index (χ3v) is 5.68. The molecule has 0 saturated heterocycles. The predicted octanol–water partition coefficient (Wildman–Crippen LogP) is 2.28. The van der Waals surface area contributed by atoms with Gasteiger partial charge in [-0.25, -0.2) is 0 Å². The molecule has 0 bridgehead atoms. The monoisotopic (exact) mass is 499 g/mol. The van der Waals surface area contributed by atoms with Gasteiger partial charge < -0.3 is 4.74 Å². The number of nitro groups is 2. The van der Waals surface area contributed by atoms with Gasteiger partial charge in [0.1, 0.15) is 5.69 Å². The van der Waals surface area contributed by atoms with Crippen LogP contribution in [0.25, 0.3) is 22.8 Å². The molecule has 0 fully saturated rings. The molecule has 35 heavy (non-hydrogen) atoms. The van der Waals surface area contributed by atoms with Crippen LogP contribution in [-0.2, 0) is 10.1 Å². The van der Waals surface area contributed by atoms with E-state index in [4.69, 9.17) is 4.74 Å².